The highest BCUT2D eigenvalue weighted by Crippen LogP contribution is 2.14. The molecule has 2 heterocycles. The third-order valence-electron chi connectivity index (χ3n) is 4.16. The number of pyridine rings is 1. The molecule has 2 aromatic heterocycles. The van der Waals surface area contributed by atoms with Crippen LogP contribution in [0.25, 0.3) is 5.69 Å². The molecule has 0 aliphatic heterocycles. The second-order valence-corrected chi connectivity index (χ2v) is 8.72. The Morgan fingerprint density at radius 3 is 2.70 bits per heavy atom. The lowest BCUT2D eigenvalue weighted by Gasteiger charge is -2.24. The summed E-state index contributed by atoms with van der Waals surface area (Å²) >= 11 is 4.55. The number of anilines is 1. The molecule has 0 aromatic carbocycles. The summed E-state index contributed by atoms with van der Waals surface area (Å²) in [7, 11) is -1.91. The molecule has 0 aliphatic carbocycles. The van der Waals surface area contributed by atoms with Gasteiger partial charge in [-0.2, -0.15) is 0 Å². The summed E-state index contributed by atoms with van der Waals surface area (Å²) in [5, 5.41) is 0. The molecule has 11 heteroatoms. The predicted molar refractivity (Wildman–Crippen MR) is 106 cm³/mol. The van der Waals surface area contributed by atoms with Crippen LogP contribution in [0.4, 0.5) is 5.82 Å². The van der Waals surface area contributed by atoms with Crippen molar-refractivity contribution in [3.63, 3.8) is 0 Å². The fourth-order valence-electron chi connectivity index (χ4n) is 2.44. The summed E-state index contributed by atoms with van der Waals surface area (Å²) in [4.78, 5) is 32.6. The lowest BCUT2D eigenvalue weighted by Crippen LogP contribution is -2.34. The minimum absolute atomic E-state index is 0.206. The highest BCUT2D eigenvalue weighted by molar-refractivity contribution is 8.28. The number of aromatic nitrogens is 3. The summed E-state index contributed by atoms with van der Waals surface area (Å²) < 4.78 is 23.5. The van der Waals surface area contributed by atoms with E-state index in [4.69, 9.17) is 0 Å². The van der Waals surface area contributed by atoms with Crippen LogP contribution < -0.4 is 10.5 Å². The van der Waals surface area contributed by atoms with Gasteiger partial charge >= 0.3 is 0 Å². The number of nitrogens with zero attached hydrogens (tertiary/aromatic N) is 5. The van der Waals surface area contributed by atoms with Gasteiger partial charge in [0.15, 0.2) is 0 Å². The molecule has 2 atom stereocenters. The number of carbonyl (C=O) groups is 1. The van der Waals surface area contributed by atoms with E-state index in [1.807, 2.05) is 0 Å². The van der Waals surface area contributed by atoms with E-state index in [1.165, 1.54) is 45.6 Å². The van der Waals surface area contributed by atoms with Gasteiger partial charge in [-0.25, -0.2) is 13.5 Å². The van der Waals surface area contributed by atoms with Gasteiger partial charge in [0, 0.05) is 43.2 Å². The van der Waals surface area contributed by atoms with Crippen molar-refractivity contribution < 1.29 is 13.6 Å². The van der Waals surface area contributed by atoms with Gasteiger partial charge < -0.3 is 0 Å². The molecule has 2 unspecified atom stereocenters. The van der Waals surface area contributed by atoms with Gasteiger partial charge in [-0.15, -0.1) is 0 Å². The second-order valence-electron chi connectivity index (χ2n) is 5.94. The van der Waals surface area contributed by atoms with E-state index >= 15 is 0 Å². The molecular weight excluding hydrogens is 390 g/mol. The van der Waals surface area contributed by atoms with Crippen LogP contribution in [0.5, 0.6) is 0 Å². The number of hydrogen-bond donors (Lipinski definition) is 1. The van der Waals surface area contributed by atoms with Crippen molar-refractivity contribution in [2.45, 2.75) is 25.8 Å². The molecule has 1 N–H and O–H groups in total. The van der Waals surface area contributed by atoms with Crippen molar-refractivity contribution in [3.8, 4) is 5.69 Å². The SMILES string of the molecule is CC(CCCN(C=O)c1ccc(-n2ccncc2=O)cn1)N(C)S(=O)(O)=S. The van der Waals surface area contributed by atoms with Gasteiger partial charge in [-0.3, -0.25) is 28.6 Å². The minimum atomic E-state index is -3.41. The molecule has 146 valence electrons. The molecule has 9 nitrogen and oxygen atoms in total. The highest BCUT2D eigenvalue weighted by atomic mass is 32.8. The van der Waals surface area contributed by atoms with Gasteiger partial charge in [0.25, 0.3) is 5.56 Å². The molecule has 0 aliphatic rings. The molecule has 0 fully saturated rings. The quantitative estimate of drug-likeness (QED) is 0.609. The maximum atomic E-state index is 11.8. The average Bonchev–Trinajstić information content (AvgIpc) is 2.64. The van der Waals surface area contributed by atoms with Crippen LogP contribution in [0.15, 0.2) is 41.7 Å². The van der Waals surface area contributed by atoms with Gasteiger partial charge in [-0.05, 0) is 31.9 Å². The molecule has 0 radical (unpaired) electrons. The molecule has 0 saturated heterocycles. The molecule has 1 amide bonds. The number of carbonyl (C=O) groups excluding carboxylic acids is 1. The van der Waals surface area contributed by atoms with E-state index in [0.29, 0.717) is 37.3 Å². The van der Waals surface area contributed by atoms with Crippen LogP contribution in [-0.2, 0) is 24.9 Å². The van der Waals surface area contributed by atoms with Crippen LogP contribution in [0.1, 0.15) is 19.8 Å². The van der Waals surface area contributed by atoms with Crippen LogP contribution in [-0.4, -0.2) is 53.6 Å². The molecule has 0 bridgehead atoms. The van der Waals surface area contributed by atoms with Crippen molar-refractivity contribution in [1.82, 2.24) is 18.8 Å². The van der Waals surface area contributed by atoms with E-state index in [0.717, 1.165) is 0 Å². The van der Waals surface area contributed by atoms with Gasteiger partial charge in [-0.1, -0.05) is 0 Å². The Labute approximate surface area is 162 Å². The van der Waals surface area contributed by atoms with Crippen molar-refractivity contribution in [3.05, 3.63) is 47.3 Å². The summed E-state index contributed by atoms with van der Waals surface area (Å²) in [6.45, 7) is 2.19. The maximum Gasteiger partial charge on any atom is 0.273 e. The number of hydrogen-bond acceptors (Lipinski definition) is 6. The van der Waals surface area contributed by atoms with Crippen molar-refractivity contribution in [2.75, 3.05) is 18.5 Å². The van der Waals surface area contributed by atoms with Crippen LogP contribution in [0.3, 0.4) is 0 Å². The van der Waals surface area contributed by atoms with Crippen molar-refractivity contribution in [1.29, 1.82) is 0 Å². The molecule has 2 rings (SSSR count). The standard InChI is InChI=1S/C16H21N5O4S2/c1-13(19(2)27(24,25)26)4-3-8-20(12-22)15-6-5-14(10-18-15)21-9-7-17-11-16(21)23/h5-7,9-13H,3-4,8H2,1-2H3,(H,24,25,26). The average molecular weight is 412 g/mol. The highest BCUT2D eigenvalue weighted by Gasteiger charge is 2.17. The van der Waals surface area contributed by atoms with Gasteiger partial charge in [0.1, 0.15) is 5.82 Å². The summed E-state index contributed by atoms with van der Waals surface area (Å²) in [6, 6.07) is 3.13. The molecule has 27 heavy (non-hydrogen) atoms. The van der Waals surface area contributed by atoms with Gasteiger partial charge in [0.2, 0.25) is 15.4 Å². The van der Waals surface area contributed by atoms with E-state index in [1.54, 1.807) is 19.1 Å². The first-order chi connectivity index (χ1) is 12.7. The zero-order valence-electron chi connectivity index (χ0n) is 15.0. The Hall–Kier alpha value is -2.21. The first-order valence-electron chi connectivity index (χ1n) is 8.15. The van der Waals surface area contributed by atoms with E-state index in [2.05, 4.69) is 21.2 Å². The normalized spacial score (nSPS) is 14.5. The topological polar surface area (TPSA) is 109 Å². The largest absolute Gasteiger partial charge is 0.299 e. The maximum absolute atomic E-state index is 11.8. The molecule has 0 spiro atoms. The van der Waals surface area contributed by atoms with E-state index in [-0.39, 0.29) is 11.6 Å². The smallest absolute Gasteiger partial charge is 0.273 e. The van der Waals surface area contributed by atoms with Crippen molar-refractivity contribution in [2.24, 2.45) is 0 Å². The molecule has 0 saturated carbocycles. The summed E-state index contributed by atoms with van der Waals surface area (Å²) in [5.74, 6) is 0.450. The fraction of sp³-hybridized carbons (Fsp3) is 0.375. The third kappa shape index (κ3) is 5.63. The van der Waals surface area contributed by atoms with Gasteiger partial charge in [0.05, 0.1) is 18.1 Å². The first-order valence-corrected chi connectivity index (χ1v) is 10.5. The molecular formula is C16H21N5O4S2. The first kappa shape index (κ1) is 21.1. The Bertz CT molecular complexity index is 930. The summed E-state index contributed by atoms with van der Waals surface area (Å²) in [6.07, 6.45) is 7.60. The van der Waals surface area contributed by atoms with Crippen LogP contribution >= 0.6 is 0 Å². The number of rotatable bonds is 9. The monoisotopic (exact) mass is 411 g/mol. The Morgan fingerprint density at radius 2 is 2.15 bits per heavy atom. The Kier molecular flexibility index (Phi) is 7.13. The Morgan fingerprint density at radius 1 is 1.41 bits per heavy atom. The van der Waals surface area contributed by atoms with Crippen LogP contribution in [0.2, 0.25) is 0 Å². The zero-order valence-corrected chi connectivity index (χ0v) is 16.6. The zero-order chi connectivity index (χ0) is 20.0. The fourth-order valence-corrected chi connectivity index (χ4v) is 3.44. The summed E-state index contributed by atoms with van der Waals surface area (Å²) in [5.41, 5.74) is 0.287. The lowest BCUT2D eigenvalue weighted by atomic mass is 10.2. The number of amides is 1. The third-order valence-corrected chi connectivity index (χ3v) is 5.95. The Balaban J connectivity index is 2.00. The predicted octanol–water partition coefficient (Wildman–Crippen LogP) is 0.825. The van der Waals surface area contributed by atoms with Crippen LogP contribution in [0, 0.1) is 0 Å². The van der Waals surface area contributed by atoms with Crippen molar-refractivity contribution >= 4 is 32.4 Å². The van der Waals surface area contributed by atoms with E-state index < -0.39 is 8.96 Å². The lowest BCUT2D eigenvalue weighted by molar-refractivity contribution is -0.107. The van der Waals surface area contributed by atoms with E-state index in [9.17, 15) is 18.4 Å². The minimum Gasteiger partial charge on any atom is -0.299 e. The molecule has 2 aromatic rings. The second kappa shape index (κ2) is 9.13.